The Morgan fingerprint density at radius 3 is 2.65 bits per heavy atom. The van der Waals surface area contributed by atoms with Crippen molar-refractivity contribution < 1.29 is 22.7 Å². The molecule has 2 rings (SSSR count). The molecule has 1 aromatic carbocycles. The smallest absolute Gasteiger partial charge is 0.416 e. The van der Waals surface area contributed by atoms with Crippen LogP contribution in [0, 0.1) is 0 Å². The SMILES string of the molecule is Nc1ccc(C(F)(F)F)cc1C(=O)OCc1cccs1. The lowest BCUT2D eigenvalue weighted by molar-refractivity contribution is -0.137. The number of hydrogen-bond acceptors (Lipinski definition) is 4. The molecule has 0 unspecified atom stereocenters. The van der Waals surface area contributed by atoms with Gasteiger partial charge in [-0.25, -0.2) is 4.79 Å². The molecule has 0 saturated heterocycles. The Morgan fingerprint density at radius 1 is 1.30 bits per heavy atom. The van der Waals surface area contributed by atoms with Crippen LogP contribution in [0.2, 0.25) is 0 Å². The van der Waals surface area contributed by atoms with Crippen LogP contribution in [0.5, 0.6) is 0 Å². The number of nitrogens with two attached hydrogens (primary N) is 1. The van der Waals surface area contributed by atoms with Crippen LogP contribution in [0.15, 0.2) is 35.7 Å². The second-order valence-corrected chi connectivity index (χ2v) is 4.99. The fourth-order valence-electron chi connectivity index (χ4n) is 1.52. The molecule has 20 heavy (non-hydrogen) atoms. The van der Waals surface area contributed by atoms with E-state index >= 15 is 0 Å². The lowest BCUT2D eigenvalue weighted by Crippen LogP contribution is -2.12. The van der Waals surface area contributed by atoms with Crippen molar-refractivity contribution in [3.8, 4) is 0 Å². The predicted octanol–water partition coefficient (Wildman–Crippen LogP) is 3.71. The Hall–Kier alpha value is -2.02. The minimum atomic E-state index is -4.53. The summed E-state index contributed by atoms with van der Waals surface area (Å²) in [7, 11) is 0. The van der Waals surface area contributed by atoms with Crippen molar-refractivity contribution in [2.24, 2.45) is 0 Å². The zero-order valence-electron chi connectivity index (χ0n) is 10.1. The quantitative estimate of drug-likeness (QED) is 0.694. The van der Waals surface area contributed by atoms with Gasteiger partial charge < -0.3 is 10.5 Å². The summed E-state index contributed by atoms with van der Waals surface area (Å²) in [6.45, 7) is 0.00614. The summed E-state index contributed by atoms with van der Waals surface area (Å²) in [5, 5.41) is 1.81. The lowest BCUT2D eigenvalue weighted by Gasteiger charge is -2.10. The van der Waals surface area contributed by atoms with Crippen LogP contribution in [0.4, 0.5) is 18.9 Å². The van der Waals surface area contributed by atoms with E-state index < -0.39 is 17.7 Å². The highest BCUT2D eigenvalue weighted by Crippen LogP contribution is 2.31. The first-order valence-electron chi connectivity index (χ1n) is 5.54. The van der Waals surface area contributed by atoms with Gasteiger partial charge in [0.15, 0.2) is 0 Å². The maximum atomic E-state index is 12.6. The fourth-order valence-corrected chi connectivity index (χ4v) is 2.13. The van der Waals surface area contributed by atoms with Gasteiger partial charge >= 0.3 is 12.1 Å². The van der Waals surface area contributed by atoms with E-state index in [2.05, 4.69) is 0 Å². The van der Waals surface area contributed by atoms with Crippen LogP contribution in [-0.4, -0.2) is 5.97 Å². The molecule has 1 aromatic heterocycles. The van der Waals surface area contributed by atoms with Crippen LogP contribution in [0.3, 0.4) is 0 Å². The summed E-state index contributed by atoms with van der Waals surface area (Å²) in [5.74, 6) is -0.873. The average Bonchev–Trinajstić information content (AvgIpc) is 2.88. The number of esters is 1. The van der Waals surface area contributed by atoms with Crippen LogP contribution in [-0.2, 0) is 17.5 Å². The highest BCUT2D eigenvalue weighted by molar-refractivity contribution is 7.09. The fraction of sp³-hybridized carbons (Fsp3) is 0.154. The number of thiophene rings is 1. The van der Waals surface area contributed by atoms with Gasteiger partial charge in [-0.2, -0.15) is 13.2 Å². The zero-order valence-corrected chi connectivity index (χ0v) is 10.9. The number of nitrogen functional groups attached to an aromatic ring is 1. The third kappa shape index (κ3) is 3.30. The third-order valence-corrected chi connectivity index (χ3v) is 3.38. The summed E-state index contributed by atoms with van der Waals surface area (Å²) < 4.78 is 42.7. The van der Waals surface area contributed by atoms with Gasteiger partial charge in [-0.15, -0.1) is 11.3 Å². The van der Waals surface area contributed by atoms with E-state index in [4.69, 9.17) is 10.5 Å². The predicted molar refractivity (Wildman–Crippen MR) is 69.3 cm³/mol. The second kappa shape index (κ2) is 5.54. The Bertz CT molecular complexity index is 609. The summed E-state index contributed by atoms with van der Waals surface area (Å²) >= 11 is 1.38. The number of carbonyl (C=O) groups excluding carboxylic acids is 1. The van der Waals surface area contributed by atoms with E-state index in [1.807, 2.05) is 5.38 Å². The van der Waals surface area contributed by atoms with Crippen molar-refractivity contribution in [3.63, 3.8) is 0 Å². The molecule has 0 spiro atoms. The zero-order chi connectivity index (χ0) is 14.8. The van der Waals surface area contributed by atoms with Crippen molar-refractivity contribution in [3.05, 3.63) is 51.7 Å². The third-order valence-electron chi connectivity index (χ3n) is 2.53. The molecule has 0 radical (unpaired) electrons. The van der Waals surface area contributed by atoms with E-state index in [9.17, 15) is 18.0 Å². The minimum Gasteiger partial charge on any atom is -0.456 e. The molecule has 0 aliphatic rings. The van der Waals surface area contributed by atoms with E-state index in [0.717, 1.165) is 17.0 Å². The molecule has 1 heterocycles. The molecular weight excluding hydrogens is 291 g/mol. The standard InChI is InChI=1S/C13H10F3NO2S/c14-13(15,16)8-3-4-11(17)10(6-8)12(18)19-7-9-2-1-5-20-9/h1-6H,7,17H2. The number of benzene rings is 1. The molecule has 2 N–H and O–H groups in total. The number of alkyl halides is 3. The normalized spacial score (nSPS) is 11.3. The summed E-state index contributed by atoms with van der Waals surface area (Å²) in [4.78, 5) is 12.6. The van der Waals surface area contributed by atoms with Gasteiger partial charge in [0.05, 0.1) is 11.1 Å². The number of halogens is 3. The topological polar surface area (TPSA) is 52.3 Å². The van der Waals surface area contributed by atoms with E-state index in [1.165, 1.54) is 11.3 Å². The first-order valence-corrected chi connectivity index (χ1v) is 6.42. The van der Waals surface area contributed by atoms with E-state index in [-0.39, 0.29) is 17.9 Å². The van der Waals surface area contributed by atoms with Crippen LogP contribution < -0.4 is 5.73 Å². The summed E-state index contributed by atoms with van der Waals surface area (Å²) in [6.07, 6.45) is -4.53. The van der Waals surface area contributed by atoms with Crippen molar-refractivity contribution >= 4 is 23.0 Å². The van der Waals surface area contributed by atoms with Crippen LogP contribution in [0.25, 0.3) is 0 Å². The Morgan fingerprint density at radius 2 is 2.05 bits per heavy atom. The summed E-state index contributed by atoms with van der Waals surface area (Å²) in [5.41, 5.74) is 4.25. The first kappa shape index (κ1) is 14.4. The molecular formula is C13H10F3NO2S. The molecule has 0 saturated carbocycles. The number of carbonyl (C=O) groups is 1. The Balaban J connectivity index is 2.16. The highest BCUT2D eigenvalue weighted by Gasteiger charge is 2.31. The molecule has 3 nitrogen and oxygen atoms in total. The highest BCUT2D eigenvalue weighted by atomic mass is 32.1. The molecule has 0 bridgehead atoms. The maximum absolute atomic E-state index is 12.6. The Kier molecular flexibility index (Phi) is 3.99. The molecule has 2 aromatic rings. The van der Waals surface area contributed by atoms with Gasteiger partial charge in [0.1, 0.15) is 6.61 Å². The monoisotopic (exact) mass is 301 g/mol. The van der Waals surface area contributed by atoms with Crippen molar-refractivity contribution in [1.29, 1.82) is 0 Å². The molecule has 0 aliphatic heterocycles. The van der Waals surface area contributed by atoms with Crippen LogP contribution >= 0.6 is 11.3 Å². The number of rotatable bonds is 3. The van der Waals surface area contributed by atoms with Gasteiger partial charge in [0.2, 0.25) is 0 Å². The molecule has 0 aliphatic carbocycles. The van der Waals surface area contributed by atoms with Gasteiger partial charge in [-0.1, -0.05) is 6.07 Å². The van der Waals surface area contributed by atoms with Crippen molar-refractivity contribution in [2.45, 2.75) is 12.8 Å². The first-order chi connectivity index (χ1) is 9.38. The Labute approximate surface area is 116 Å². The molecule has 7 heteroatoms. The molecule has 106 valence electrons. The van der Waals surface area contributed by atoms with E-state index in [0.29, 0.717) is 6.07 Å². The van der Waals surface area contributed by atoms with E-state index in [1.54, 1.807) is 12.1 Å². The molecule has 0 atom stereocenters. The van der Waals surface area contributed by atoms with Gasteiger partial charge in [-0.05, 0) is 29.6 Å². The average molecular weight is 301 g/mol. The number of hydrogen-bond donors (Lipinski definition) is 1. The molecule has 0 amide bonds. The lowest BCUT2D eigenvalue weighted by atomic mass is 10.1. The maximum Gasteiger partial charge on any atom is 0.416 e. The van der Waals surface area contributed by atoms with Gasteiger partial charge in [-0.3, -0.25) is 0 Å². The van der Waals surface area contributed by atoms with Crippen molar-refractivity contribution in [2.75, 3.05) is 5.73 Å². The number of anilines is 1. The largest absolute Gasteiger partial charge is 0.456 e. The number of ether oxygens (including phenoxy) is 1. The van der Waals surface area contributed by atoms with Crippen LogP contribution in [0.1, 0.15) is 20.8 Å². The molecule has 0 fully saturated rings. The van der Waals surface area contributed by atoms with Gasteiger partial charge in [0.25, 0.3) is 0 Å². The van der Waals surface area contributed by atoms with Gasteiger partial charge in [0, 0.05) is 10.6 Å². The summed E-state index contributed by atoms with van der Waals surface area (Å²) in [6, 6.07) is 6.11. The van der Waals surface area contributed by atoms with Crippen molar-refractivity contribution in [1.82, 2.24) is 0 Å². The second-order valence-electron chi connectivity index (χ2n) is 3.96. The minimum absolute atomic E-state index is 0.00614.